The van der Waals surface area contributed by atoms with Crippen LogP contribution in [0.1, 0.15) is 23.2 Å². The van der Waals surface area contributed by atoms with E-state index in [1.807, 2.05) is 12.1 Å². The van der Waals surface area contributed by atoms with E-state index in [0.29, 0.717) is 23.1 Å². The summed E-state index contributed by atoms with van der Waals surface area (Å²) in [7, 11) is 4.87. The molecule has 1 aliphatic heterocycles. The van der Waals surface area contributed by atoms with Crippen LogP contribution >= 0.6 is 0 Å². The number of anilines is 2. The first-order valence-corrected chi connectivity index (χ1v) is 8.97. The minimum Gasteiger partial charge on any atom is -0.493 e. The zero-order valence-corrected chi connectivity index (χ0v) is 16.1. The monoisotopic (exact) mass is 373 g/mol. The maximum absolute atomic E-state index is 6.02. The van der Waals surface area contributed by atoms with Crippen LogP contribution in [0, 0.1) is 0 Å². The van der Waals surface area contributed by atoms with Crippen LogP contribution in [0.25, 0.3) is 0 Å². The van der Waals surface area contributed by atoms with Gasteiger partial charge in [-0.3, -0.25) is 4.90 Å². The minimum absolute atomic E-state index is 0.252. The van der Waals surface area contributed by atoms with Gasteiger partial charge in [0.15, 0.2) is 11.5 Å². The maximum atomic E-state index is 6.02. The van der Waals surface area contributed by atoms with Crippen LogP contribution in [-0.2, 0) is 19.4 Å². The Kier molecular flexibility index (Phi) is 5.85. The Labute approximate surface area is 159 Å². The fourth-order valence-electron chi connectivity index (χ4n) is 3.49. The molecule has 3 rings (SSSR count). The molecule has 1 aromatic carbocycles. The van der Waals surface area contributed by atoms with Crippen molar-refractivity contribution in [1.29, 1.82) is 0 Å². The van der Waals surface area contributed by atoms with Crippen molar-refractivity contribution in [2.75, 3.05) is 45.9 Å². The second kappa shape index (κ2) is 8.30. The van der Waals surface area contributed by atoms with E-state index in [9.17, 15) is 0 Å². The number of hydrogen-bond donors (Lipinski definition) is 2. The van der Waals surface area contributed by atoms with Crippen molar-refractivity contribution in [3.05, 3.63) is 29.0 Å². The summed E-state index contributed by atoms with van der Waals surface area (Å²) >= 11 is 0. The Balaban J connectivity index is 1.62. The van der Waals surface area contributed by atoms with Crippen LogP contribution in [0.15, 0.2) is 12.1 Å². The van der Waals surface area contributed by atoms with Crippen LogP contribution in [0.5, 0.6) is 17.2 Å². The van der Waals surface area contributed by atoms with E-state index in [0.717, 1.165) is 55.7 Å². The standard InChI is InChI=1S/C19H27N5O3/c1-25-15-9-12(10-16(26-2)17(15)27-3)5-4-7-24-8-6-14-13(11-24)18(20)23-19(21)22-14/h9-10H,4-8,11H2,1-3H3,(H4,20,21,22,23). The molecule has 2 aromatic rings. The Morgan fingerprint density at radius 1 is 1.04 bits per heavy atom. The molecule has 27 heavy (non-hydrogen) atoms. The van der Waals surface area contributed by atoms with E-state index in [1.54, 1.807) is 21.3 Å². The van der Waals surface area contributed by atoms with E-state index in [-0.39, 0.29) is 5.95 Å². The number of ether oxygens (including phenoxy) is 3. The average molecular weight is 373 g/mol. The molecule has 0 bridgehead atoms. The highest BCUT2D eigenvalue weighted by Gasteiger charge is 2.21. The second-order valence-electron chi connectivity index (χ2n) is 6.56. The number of hydrogen-bond acceptors (Lipinski definition) is 8. The number of nitrogen functional groups attached to an aromatic ring is 2. The Morgan fingerprint density at radius 3 is 2.37 bits per heavy atom. The minimum atomic E-state index is 0.252. The van der Waals surface area contributed by atoms with Crippen LogP contribution in [0.4, 0.5) is 11.8 Å². The number of benzene rings is 1. The van der Waals surface area contributed by atoms with Gasteiger partial charge in [-0.05, 0) is 37.1 Å². The molecule has 2 heterocycles. The van der Waals surface area contributed by atoms with Crippen LogP contribution in [-0.4, -0.2) is 49.3 Å². The predicted molar refractivity (Wildman–Crippen MR) is 104 cm³/mol. The van der Waals surface area contributed by atoms with Crippen molar-refractivity contribution >= 4 is 11.8 Å². The largest absolute Gasteiger partial charge is 0.493 e. The zero-order valence-electron chi connectivity index (χ0n) is 16.1. The highest BCUT2D eigenvalue weighted by molar-refractivity contribution is 5.53. The number of aryl methyl sites for hydroxylation is 1. The molecular formula is C19H27N5O3. The lowest BCUT2D eigenvalue weighted by Crippen LogP contribution is -2.33. The highest BCUT2D eigenvalue weighted by atomic mass is 16.5. The fourth-order valence-corrected chi connectivity index (χ4v) is 3.49. The molecule has 0 amide bonds. The lowest BCUT2D eigenvalue weighted by Gasteiger charge is -2.28. The van der Waals surface area contributed by atoms with E-state index in [2.05, 4.69) is 14.9 Å². The molecule has 0 atom stereocenters. The lowest BCUT2D eigenvalue weighted by atomic mass is 10.0. The zero-order chi connectivity index (χ0) is 19.4. The molecule has 0 radical (unpaired) electrons. The summed E-state index contributed by atoms with van der Waals surface area (Å²) in [6.45, 7) is 2.66. The Hall–Kier alpha value is -2.74. The molecule has 0 fully saturated rings. The SMILES string of the molecule is COc1cc(CCCN2CCc3nc(N)nc(N)c3C2)cc(OC)c1OC. The van der Waals surface area contributed by atoms with Crippen LogP contribution < -0.4 is 25.7 Å². The Morgan fingerprint density at radius 2 is 1.74 bits per heavy atom. The molecule has 1 aliphatic rings. The first kappa shape index (κ1) is 19.0. The van der Waals surface area contributed by atoms with E-state index in [1.165, 1.54) is 0 Å². The topological polar surface area (TPSA) is 109 Å². The van der Waals surface area contributed by atoms with E-state index in [4.69, 9.17) is 25.7 Å². The summed E-state index contributed by atoms with van der Waals surface area (Å²) in [6.07, 6.45) is 2.76. The number of methoxy groups -OCH3 is 3. The van der Waals surface area contributed by atoms with Crippen LogP contribution in [0.2, 0.25) is 0 Å². The van der Waals surface area contributed by atoms with Crippen molar-refractivity contribution in [2.45, 2.75) is 25.8 Å². The molecule has 0 aliphatic carbocycles. The van der Waals surface area contributed by atoms with Crippen molar-refractivity contribution in [3.8, 4) is 17.2 Å². The lowest BCUT2D eigenvalue weighted by molar-refractivity contribution is 0.249. The van der Waals surface area contributed by atoms with Gasteiger partial charge >= 0.3 is 0 Å². The summed E-state index contributed by atoms with van der Waals surface area (Å²) < 4.78 is 16.2. The number of rotatable bonds is 7. The quantitative estimate of drug-likeness (QED) is 0.754. The van der Waals surface area contributed by atoms with Gasteiger partial charge in [0.2, 0.25) is 11.7 Å². The van der Waals surface area contributed by atoms with Gasteiger partial charge in [0.05, 0.1) is 27.0 Å². The number of nitrogens with two attached hydrogens (primary N) is 2. The predicted octanol–water partition coefficient (Wildman–Crippen LogP) is 1.66. The molecule has 4 N–H and O–H groups in total. The van der Waals surface area contributed by atoms with Gasteiger partial charge in [0, 0.05) is 25.1 Å². The molecule has 0 spiro atoms. The third-order valence-electron chi connectivity index (χ3n) is 4.85. The van der Waals surface area contributed by atoms with Gasteiger partial charge < -0.3 is 25.7 Å². The molecule has 0 unspecified atom stereocenters. The van der Waals surface area contributed by atoms with Crippen molar-refractivity contribution < 1.29 is 14.2 Å². The average Bonchev–Trinajstić information content (AvgIpc) is 2.67. The van der Waals surface area contributed by atoms with Gasteiger partial charge in [-0.15, -0.1) is 0 Å². The summed E-state index contributed by atoms with van der Waals surface area (Å²) in [6, 6.07) is 4.00. The number of fused-ring (bicyclic) bond motifs is 1. The smallest absolute Gasteiger partial charge is 0.222 e. The number of aromatic nitrogens is 2. The van der Waals surface area contributed by atoms with Crippen molar-refractivity contribution in [1.82, 2.24) is 14.9 Å². The van der Waals surface area contributed by atoms with E-state index < -0.39 is 0 Å². The van der Waals surface area contributed by atoms with Crippen molar-refractivity contribution in [3.63, 3.8) is 0 Å². The normalized spacial score (nSPS) is 13.9. The van der Waals surface area contributed by atoms with E-state index >= 15 is 0 Å². The van der Waals surface area contributed by atoms with Gasteiger partial charge in [-0.1, -0.05) is 0 Å². The fraction of sp³-hybridized carbons (Fsp3) is 0.474. The molecule has 8 nitrogen and oxygen atoms in total. The molecular weight excluding hydrogens is 346 g/mol. The third kappa shape index (κ3) is 4.16. The maximum Gasteiger partial charge on any atom is 0.222 e. The highest BCUT2D eigenvalue weighted by Crippen LogP contribution is 2.38. The summed E-state index contributed by atoms with van der Waals surface area (Å²) in [4.78, 5) is 10.8. The first-order chi connectivity index (χ1) is 13.0. The van der Waals surface area contributed by atoms with Gasteiger partial charge in [0.1, 0.15) is 5.82 Å². The Bertz CT molecular complexity index is 787. The first-order valence-electron chi connectivity index (χ1n) is 8.97. The second-order valence-corrected chi connectivity index (χ2v) is 6.56. The molecule has 0 saturated carbocycles. The summed E-state index contributed by atoms with van der Waals surface area (Å²) in [5.41, 5.74) is 14.8. The summed E-state index contributed by atoms with van der Waals surface area (Å²) in [5.74, 6) is 2.72. The van der Waals surface area contributed by atoms with Crippen molar-refractivity contribution in [2.24, 2.45) is 0 Å². The van der Waals surface area contributed by atoms with Gasteiger partial charge in [0.25, 0.3) is 0 Å². The van der Waals surface area contributed by atoms with Gasteiger partial charge in [-0.25, -0.2) is 4.98 Å². The molecule has 0 saturated heterocycles. The third-order valence-corrected chi connectivity index (χ3v) is 4.85. The summed E-state index contributed by atoms with van der Waals surface area (Å²) in [5, 5.41) is 0. The molecule has 1 aromatic heterocycles. The molecule has 146 valence electrons. The van der Waals surface area contributed by atoms with Gasteiger partial charge in [-0.2, -0.15) is 4.98 Å². The number of nitrogens with zero attached hydrogens (tertiary/aromatic N) is 3. The molecule has 8 heteroatoms. The van der Waals surface area contributed by atoms with Crippen LogP contribution in [0.3, 0.4) is 0 Å².